The number of rotatable bonds is 4. The van der Waals surface area contributed by atoms with Crippen molar-refractivity contribution >= 4 is 27.5 Å². The van der Waals surface area contributed by atoms with Gasteiger partial charge in [-0.15, -0.1) is 0 Å². The van der Waals surface area contributed by atoms with E-state index in [0.29, 0.717) is 18.1 Å². The van der Waals surface area contributed by atoms with Crippen LogP contribution in [0.3, 0.4) is 0 Å². The number of amides is 1. The number of carbonyl (C=O) groups excluding carboxylic acids is 1. The van der Waals surface area contributed by atoms with E-state index in [9.17, 15) is 13.2 Å². The van der Waals surface area contributed by atoms with Gasteiger partial charge in [-0.05, 0) is 37.6 Å². The maximum atomic E-state index is 12.2. The van der Waals surface area contributed by atoms with Crippen LogP contribution in [0, 0.1) is 0 Å². The molecule has 0 aliphatic carbocycles. The predicted molar refractivity (Wildman–Crippen MR) is 80.4 cm³/mol. The van der Waals surface area contributed by atoms with Crippen LogP contribution in [0.2, 0.25) is 5.02 Å². The minimum Gasteiger partial charge on any atom is -0.340 e. The van der Waals surface area contributed by atoms with Crippen LogP contribution in [-0.4, -0.2) is 44.4 Å². The number of benzene rings is 1. The summed E-state index contributed by atoms with van der Waals surface area (Å²) in [6.07, 6.45) is 0.738. The van der Waals surface area contributed by atoms with Crippen LogP contribution in [0.5, 0.6) is 0 Å². The molecule has 0 aromatic heterocycles. The van der Waals surface area contributed by atoms with E-state index >= 15 is 0 Å². The second-order valence-corrected chi connectivity index (χ2v) is 7.28. The summed E-state index contributed by atoms with van der Waals surface area (Å²) in [4.78, 5) is 13.8. The first-order chi connectivity index (χ1) is 9.79. The molecule has 1 heterocycles. The molecule has 1 aromatic carbocycles. The Morgan fingerprint density at radius 2 is 2.05 bits per heavy atom. The number of carbonyl (C=O) groups is 1. The molecule has 0 spiro atoms. The van der Waals surface area contributed by atoms with Crippen molar-refractivity contribution in [3.05, 3.63) is 29.3 Å². The van der Waals surface area contributed by atoms with Crippen molar-refractivity contribution in [2.45, 2.75) is 30.3 Å². The fraction of sp³-hybridized carbons (Fsp3) is 0.462. The van der Waals surface area contributed by atoms with Gasteiger partial charge in [0.2, 0.25) is 15.9 Å². The van der Waals surface area contributed by atoms with E-state index < -0.39 is 16.1 Å². The summed E-state index contributed by atoms with van der Waals surface area (Å²) < 4.78 is 26.8. The van der Waals surface area contributed by atoms with Crippen LogP contribution >= 0.6 is 11.6 Å². The van der Waals surface area contributed by atoms with Crippen LogP contribution in [0.4, 0.5) is 0 Å². The summed E-state index contributed by atoms with van der Waals surface area (Å²) in [5.74, 6) is -0.263. The molecule has 1 unspecified atom stereocenters. The molecule has 3 N–H and O–H groups in total. The van der Waals surface area contributed by atoms with E-state index in [4.69, 9.17) is 17.3 Å². The number of nitrogens with zero attached hydrogens (tertiary/aromatic N) is 1. The number of hydrogen-bond donors (Lipinski definition) is 2. The van der Waals surface area contributed by atoms with Crippen molar-refractivity contribution < 1.29 is 13.2 Å². The van der Waals surface area contributed by atoms with E-state index in [-0.39, 0.29) is 16.8 Å². The molecular formula is C13H18ClN3O3S. The van der Waals surface area contributed by atoms with Gasteiger partial charge >= 0.3 is 0 Å². The molecule has 1 fully saturated rings. The fourth-order valence-electron chi connectivity index (χ4n) is 2.23. The van der Waals surface area contributed by atoms with Gasteiger partial charge < -0.3 is 10.6 Å². The quantitative estimate of drug-likeness (QED) is 0.843. The van der Waals surface area contributed by atoms with Gasteiger partial charge in [0, 0.05) is 24.2 Å². The third kappa shape index (κ3) is 3.94. The van der Waals surface area contributed by atoms with Crippen molar-refractivity contribution in [2.75, 3.05) is 13.1 Å². The summed E-state index contributed by atoms with van der Waals surface area (Å²) in [6.45, 7) is 2.55. The molecule has 1 amide bonds. The highest BCUT2D eigenvalue weighted by molar-refractivity contribution is 7.89. The summed E-state index contributed by atoms with van der Waals surface area (Å²) in [5.41, 5.74) is 5.75. The second-order valence-electron chi connectivity index (χ2n) is 5.13. The Labute approximate surface area is 129 Å². The Morgan fingerprint density at radius 3 is 2.57 bits per heavy atom. The Kier molecular flexibility index (Phi) is 4.88. The molecule has 1 aliphatic heterocycles. The Morgan fingerprint density at radius 1 is 1.43 bits per heavy atom. The van der Waals surface area contributed by atoms with Crippen molar-refractivity contribution in [1.82, 2.24) is 9.62 Å². The average molecular weight is 332 g/mol. The fourth-order valence-corrected chi connectivity index (χ4v) is 3.55. The molecule has 1 aromatic rings. The number of hydrogen-bond acceptors (Lipinski definition) is 4. The highest BCUT2D eigenvalue weighted by atomic mass is 35.5. The lowest BCUT2D eigenvalue weighted by Crippen LogP contribution is -2.46. The zero-order chi connectivity index (χ0) is 15.6. The lowest BCUT2D eigenvalue weighted by molar-refractivity contribution is -0.131. The molecule has 1 aliphatic rings. The van der Waals surface area contributed by atoms with Crippen LogP contribution in [0.1, 0.15) is 13.3 Å². The van der Waals surface area contributed by atoms with E-state index in [0.717, 1.165) is 6.42 Å². The van der Waals surface area contributed by atoms with Crippen LogP contribution in [0.25, 0.3) is 0 Å². The highest BCUT2D eigenvalue weighted by Crippen LogP contribution is 2.15. The molecule has 0 saturated carbocycles. The summed E-state index contributed by atoms with van der Waals surface area (Å²) in [5, 5.41) is 0.448. The maximum Gasteiger partial charge on any atom is 0.241 e. The zero-order valence-electron chi connectivity index (χ0n) is 11.6. The van der Waals surface area contributed by atoms with Gasteiger partial charge in [-0.25, -0.2) is 8.42 Å². The third-order valence-electron chi connectivity index (χ3n) is 3.36. The Balaban J connectivity index is 2.05. The van der Waals surface area contributed by atoms with Crippen LogP contribution < -0.4 is 10.5 Å². The Hall–Kier alpha value is -1.15. The number of halogens is 1. The average Bonchev–Trinajstić information content (AvgIpc) is 2.84. The van der Waals surface area contributed by atoms with Crippen molar-refractivity contribution in [1.29, 1.82) is 0 Å². The zero-order valence-corrected chi connectivity index (χ0v) is 13.2. The smallest absolute Gasteiger partial charge is 0.241 e. The van der Waals surface area contributed by atoms with Gasteiger partial charge in [0.05, 0.1) is 10.9 Å². The maximum absolute atomic E-state index is 12.2. The number of nitrogens with one attached hydrogen (secondary N) is 1. The number of likely N-dealkylation sites (tertiary alicyclic amines) is 1. The minimum absolute atomic E-state index is 0.0333. The highest BCUT2D eigenvalue weighted by Gasteiger charge is 2.29. The second kappa shape index (κ2) is 6.31. The minimum atomic E-state index is -3.75. The third-order valence-corrected chi connectivity index (χ3v) is 5.17. The van der Waals surface area contributed by atoms with E-state index in [1.54, 1.807) is 4.90 Å². The first kappa shape index (κ1) is 16.2. The predicted octanol–water partition coefficient (Wildman–Crippen LogP) is 0.566. The SMILES string of the molecule is CC(NS(=O)(=O)c1ccc(Cl)cc1)C(=O)N1CC[C@@H](N)C1. The first-order valence-corrected chi connectivity index (χ1v) is 8.48. The van der Waals surface area contributed by atoms with Gasteiger partial charge in [0.15, 0.2) is 0 Å². The van der Waals surface area contributed by atoms with Crippen molar-refractivity contribution in [2.24, 2.45) is 5.73 Å². The normalized spacial score (nSPS) is 20.5. The van der Waals surface area contributed by atoms with Gasteiger partial charge in [-0.1, -0.05) is 11.6 Å². The first-order valence-electron chi connectivity index (χ1n) is 6.62. The standard InChI is InChI=1S/C13H18ClN3O3S/c1-9(13(18)17-7-6-11(15)8-17)16-21(19,20)12-4-2-10(14)3-5-12/h2-5,9,11,16H,6-8,15H2,1H3/t9?,11-/m1/s1. The lowest BCUT2D eigenvalue weighted by Gasteiger charge is -2.21. The largest absolute Gasteiger partial charge is 0.340 e. The molecular weight excluding hydrogens is 314 g/mol. The molecule has 2 rings (SSSR count). The van der Waals surface area contributed by atoms with Gasteiger partial charge in [0.1, 0.15) is 0 Å². The van der Waals surface area contributed by atoms with Gasteiger partial charge in [-0.3, -0.25) is 4.79 Å². The van der Waals surface area contributed by atoms with Crippen molar-refractivity contribution in [3.63, 3.8) is 0 Å². The molecule has 0 bridgehead atoms. The van der Waals surface area contributed by atoms with E-state index in [1.807, 2.05) is 0 Å². The summed E-state index contributed by atoms with van der Waals surface area (Å²) in [6, 6.07) is 4.90. The topological polar surface area (TPSA) is 92.5 Å². The Bertz CT molecular complexity index is 618. The van der Waals surface area contributed by atoms with Crippen LogP contribution in [0.15, 0.2) is 29.2 Å². The molecule has 8 heteroatoms. The molecule has 6 nitrogen and oxygen atoms in total. The summed E-state index contributed by atoms with van der Waals surface area (Å²) in [7, 11) is -3.75. The van der Waals surface area contributed by atoms with E-state index in [1.165, 1.54) is 31.2 Å². The number of nitrogens with two attached hydrogens (primary N) is 1. The van der Waals surface area contributed by atoms with Crippen LogP contribution in [-0.2, 0) is 14.8 Å². The van der Waals surface area contributed by atoms with E-state index in [2.05, 4.69) is 4.72 Å². The van der Waals surface area contributed by atoms with Gasteiger partial charge in [0.25, 0.3) is 0 Å². The molecule has 21 heavy (non-hydrogen) atoms. The summed E-state index contributed by atoms with van der Waals surface area (Å²) >= 11 is 5.73. The monoisotopic (exact) mass is 331 g/mol. The molecule has 1 saturated heterocycles. The molecule has 2 atom stereocenters. The molecule has 116 valence electrons. The van der Waals surface area contributed by atoms with Crippen molar-refractivity contribution in [3.8, 4) is 0 Å². The molecule has 0 radical (unpaired) electrons. The lowest BCUT2D eigenvalue weighted by atomic mass is 10.3. The number of sulfonamides is 1. The van der Waals surface area contributed by atoms with Gasteiger partial charge in [-0.2, -0.15) is 4.72 Å².